The van der Waals surface area contributed by atoms with Crippen molar-refractivity contribution >= 4 is 11.9 Å². The van der Waals surface area contributed by atoms with Crippen LogP contribution in [0.15, 0.2) is 42.5 Å². The van der Waals surface area contributed by atoms with Gasteiger partial charge in [-0.25, -0.2) is 9.59 Å². The highest BCUT2D eigenvalue weighted by molar-refractivity contribution is 5.83. The lowest BCUT2D eigenvalue weighted by molar-refractivity contribution is -0.279. The Morgan fingerprint density at radius 3 is 2.38 bits per heavy atom. The molecule has 1 spiro atoms. The zero-order valence-electron chi connectivity index (χ0n) is 22.3. The van der Waals surface area contributed by atoms with Crippen LogP contribution in [0.3, 0.4) is 0 Å². The van der Waals surface area contributed by atoms with Crippen LogP contribution in [0.4, 0.5) is 0 Å². The largest absolute Gasteiger partial charge is 0.504 e. The first-order valence-electron chi connectivity index (χ1n) is 13.8. The van der Waals surface area contributed by atoms with Gasteiger partial charge in [-0.05, 0) is 68.8 Å². The Morgan fingerprint density at radius 1 is 1.05 bits per heavy atom. The number of phenols is 1. The molecule has 2 bridgehead atoms. The summed E-state index contributed by atoms with van der Waals surface area (Å²) in [7, 11) is 2.30. The Balaban J connectivity index is 0.000000251. The van der Waals surface area contributed by atoms with Crippen LogP contribution in [-0.2, 0) is 32.6 Å². The molecule has 10 heteroatoms. The van der Waals surface area contributed by atoms with E-state index in [9.17, 15) is 14.7 Å². The molecule has 2 aromatic rings. The quantitative estimate of drug-likeness (QED) is 0.356. The van der Waals surface area contributed by atoms with Gasteiger partial charge in [0.1, 0.15) is 12.2 Å². The van der Waals surface area contributed by atoms with Crippen molar-refractivity contribution in [1.82, 2.24) is 4.90 Å². The molecule has 3 heterocycles. The van der Waals surface area contributed by atoms with Crippen molar-refractivity contribution in [2.24, 2.45) is 11.3 Å². The van der Waals surface area contributed by atoms with Gasteiger partial charge in [-0.15, -0.1) is 0 Å². The smallest absolute Gasteiger partial charge is 0.335 e. The molecule has 10 nitrogen and oxygen atoms in total. The highest BCUT2D eigenvalue weighted by atomic mass is 16.6. The van der Waals surface area contributed by atoms with Gasteiger partial charge in [-0.3, -0.25) is 0 Å². The Kier molecular flexibility index (Phi) is 6.57. The minimum Gasteiger partial charge on any atom is -0.504 e. The van der Waals surface area contributed by atoms with Crippen molar-refractivity contribution in [2.45, 2.75) is 68.0 Å². The van der Waals surface area contributed by atoms with E-state index < -0.39 is 24.1 Å². The third-order valence-corrected chi connectivity index (χ3v) is 10.1. The predicted molar refractivity (Wildman–Crippen MR) is 141 cm³/mol. The van der Waals surface area contributed by atoms with E-state index in [1.807, 2.05) is 6.07 Å². The number of piperidine rings is 1. The number of hydrogen-bond donors (Lipinski definition) is 5. The lowest BCUT2D eigenvalue weighted by atomic mass is 9.45. The number of benzene rings is 2. The first-order chi connectivity index (χ1) is 19.1. The molecule has 0 aromatic heterocycles. The number of likely N-dealkylation sites (tertiary alicyclic amines) is 1. The second kappa shape index (κ2) is 9.73. The topological polar surface area (TPSA) is 157 Å². The number of aliphatic hydroxyl groups excluding tert-OH is 2. The fraction of sp³-hybridized carbons (Fsp3) is 0.533. The van der Waals surface area contributed by atoms with Crippen molar-refractivity contribution in [1.29, 1.82) is 0 Å². The number of carboxylic acid groups (broad SMARTS) is 2. The molecule has 7 rings (SSSR count). The number of carbonyl (C=O) groups is 2. The Morgan fingerprint density at radius 2 is 1.75 bits per heavy atom. The number of rotatable bonds is 6. The SMILES string of the molecule is CN1CCC23c4c5ccc(O)c4OC2[C@H]2OC[C@@]2(CCc2ccccc2)CC3C1C5.O=C(O)C(O)C(O)C(=O)O. The lowest BCUT2D eigenvalue weighted by Gasteiger charge is -2.66. The van der Waals surface area contributed by atoms with Crippen LogP contribution < -0.4 is 4.74 Å². The van der Waals surface area contributed by atoms with Crippen LogP contribution in [0.1, 0.15) is 36.0 Å². The maximum atomic E-state index is 10.7. The molecule has 6 unspecified atom stereocenters. The molecular formula is C30H35NO9. The van der Waals surface area contributed by atoms with E-state index in [1.54, 1.807) is 0 Å². The third kappa shape index (κ3) is 3.92. The van der Waals surface area contributed by atoms with Crippen LogP contribution in [0.25, 0.3) is 0 Å². The standard InChI is InChI=1S/C26H29NO3.C4H6O6/c1-27-12-11-26-18-14-25(10-9-16-5-3-2-4-6-16)15-29-23(25)24(26)30-22-20(28)8-7-17(21(22)26)13-19(18)27;5-1(3(7)8)2(6)4(9)10/h2-8,18-19,23-24,28H,9-15H2,1H3;1-2,5-6H,(H,7,8)(H,9,10)/t18?,19?,23-,24?,25-,26?;/m1./s1. The van der Waals surface area contributed by atoms with E-state index >= 15 is 0 Å². The van der Waals surface area contributed by atoms with Gasteiger partial charge in [-0.2, -0.15) is 0 Å². The van der Waals surface area contributed by atoms with Gasteiger partial charge >= 0.3 is 11.9 Å². The normalized spacial score (nSPS) is 34.1. The van der Waals surface area contributed by atoms with E-state index in [4.69, 9.17) is 29.9 Å². The highest BCUT2D eigenvalue weighted by Crippen LogP contribution is 2.69. The number of phenolic OH excluding ortho intramolecular Hbond substituents is 1. The van der Waals surface area contributed by atoms with E-state index in [-0.39, 0.29) is 23.0 Å². The van der Waals surface area contributed by atoms with Crippen molar-refractivity contribution in [3.05, 3.63) is 59.2 Å². The molecule has 40 heavy (non-hydrogen) atoms. The Bertz CT molecular complexity index is 1300. The summed E-state index contributed by atoms with van der Waals surface area (Å²) >= 11 is 0. The molecule has 1 saturated carbocycles. The summed E-state index contributed by atoms with van der Waals surface area (Å²) < 4.78 is 13.0. The maximum Gasteiger partial charge on any atom is 0.335 e. The molecule has 5 aliphatic rings. The predicted octanol–water partition coefficient (Wildman–Crippen LogP) is 1.57. The van der Waals surface area contributed by atoms with E-state index in [0.29, 0.717) is 17.7 Å². The number of nitrogens with zero attached hydrogens (tertiary/aromatic N) is 1. The molecule has 8 atom stereocenters. The average molecular weight is 554 g/mol. The minimum atomic E-state index is -2.27. The van der Waals surface area contributed by atoms with Crippen molar-refractivity contribution in [3.8, 4) is 11.5 Å². The summed E-state index contributed by atoms with van der Waals surface area (Å²) in [6.45, 7) is 1.95. The Labute approximate surface area is 231 Å². The summed E-state index contributed by atoms with van der Waals surface area (Å²) in [5.74, 6) is -1.89. The molecule has 2 aliphatic carbocycles. The van der Waals surface area contributed by atoms with E-state index in [0.717, 1.165) is 44.6 Å². The Hall–Kier alpha value is -3.18. The van der Waals surface area contributed by atoms with Crippen molar-refractivity contribution in [2.75, 3.05) is 20.2 Å². The number of aliphatic carboxylic acids is 2. The molecule has 0 amide bonds. The van der Waals surface area contributed by atoms with Crippen LogP contribution in [-0.4, -0.2) is 93.0 Å². The summed E-state index contributed by atoms with van der Waals surface area (Å²) in [4.78, 5) is 22.1. The van der Waals surface area contributed by atoms with Gasteiger partial charge in [0.25, 0.3) is 0 Å². The zero-order chi connectivity index (χ0) is 28.4. The van der Waals surface area contributed by atoms with Gasteiger partial charge in [0.2, 0.25) is 0 Å². The summed E-state index contributed by atoms with van der Waals surface area (Å²) in [6.07, 6.45) is 1.29. The molecule has 214 valence electrons. The molecule has 2 saturated heterocycles. The van der Waals surface area contributed by atoms with Crippen molar-refractivity contribution < 1.29 is 44.6 Å². The number of likely N-dealkylation sites (N-methyl/N-ethyl adjacent to an activating group) is 1. The van der Waals surface area contributed by atoms with Gasteiger partial charge in [0.05, 0.1) is 6.61 Å². The van der Waals surface area contributed by atoms with Gasteiger partial charge < -0.3 is 39.9 Å². The van der Waals surface area contributed by atoms with Gasteiger partial charge in [-0.1, -0.05) is 36.4 Å². The van der Waals surface area contributed by atoms with Crippen LogP contribution in [0, 0.1) is 11.3 Å². The summed E-state index contributed by atoms with van der Waals surface area (Å²) in [5.41, 5.74) is 4.33. The second-order valence-corrected chi connectivity index (χ2v) is 12.0. The number of aryl methyl sites for hydroxylation is 1. The van der Waals surface area contributed by atoms with Gasteiger partial charge in [0, 0.05) is 22.4 Å². The van der Waals surface area contributed by atoms with E-state index in [2.05, 4.69) is 48.3 Å². The summed E-state index contributed by atoms with van der Waals surface area (Å²) in [6, 6.07) is 15.4. The highest BCUT2D eigenvalue weighted by Gasteiger charge is 2.73. The number of fused-ring (bicyclic) bond motifs is 2. The van der Waals surface area contributed by atoms with Crippen molar-refractivity contribution in [3.63, 3.8) is 0 Å². The number of aromatic hydroxyl groups is 1. The molecule has 2 aromatic carbocycles. The summed E-state index contributed by atoms with van der Waals surface area (Å²) in [5, 5.41) is 43.2. The van der Waals surface area contributed by atoms with Crippen LogP contribution in [0.2, 0.25) is 0 Å². The second-order valence-electron chi connectivity index (χ2n) is 12.0. The fourth-order valence-electron chi connectivity index (χ4n) is 8.05. The first-order valence-corrected chi connectivity index (χ1v) is 13.8. The molecule has 3 fully saturated rings. The maximum absolute atomic E-state index is 10.7. The zero-order valence-corrected chi connectivity index (χ0v) is 22.3. The van der Waals surface area contributed by atoms with Crippen LogP contribution in [0.5, 0.6) is 11.5 Å². The fourth-order valence-corrected chi connectivity index (χ4v) is 8.05. The number of carboxylic acids is 2. The van der Waals surface area contributed by atoms with E-state index in [1.165, 1.54) is 23.1 Å². The molecule has 5 N–H and O–H groups in total. The molecule has 3 aliphatic heterocycles. The molecule has 0 radical (unpaired) electrons. The number of ether oxygens (including phenoxy) is 2. The average Bonchev–Trinajstić information content (AvgIpc) is 3.26. The van der Waals surface area contributed by atoms with Gasteiger partial charge in [0.15, 0.2) is 23.7 Å². The first kappa shape index (κ1) is 27.0. The monoisotopic (exact) mass is 553 g/mol. The third-order valence-electron chi connectivity index (χ3n) is 10.1. The number of hydrogen-bond acceptors (Lipinski definition) is 8. The van der Waals surface area contributed by atoms with Crippen LogP contribution >= 0.6 is 0 Å². The lowest BCUT2D eigenvalue weighted by Crippen LogP contribution is -2.74. The number of aliphatic hydroxyl groups is 2. The molecular weight excluding hydrogens is 518 g/mol. The minimum absolute atomic E-state index is 0.0141.